The summed E-state index contributed by atoms with van der Waals surface area (Å²) >= 11 is 0. The predicted octanol–water partition coefficient (Wildman–Crippen LogP) is 3.26. The van der Waals surface area contributed by atoms with E-state index >= 15 is 0 Å². The van der Waals surface area contributed by atoms with Crippen molar-refractivity contribution in [3.63, 3.8) is 0 Å². The molecule has 1 aromatic rings. The van der Waals surface area contributed by atoms with Crippen LogP contribution in [-0.4, -0.2) is 56.3 Å². The summed E-state index contributed by atoms with van der Waals surface area (Å²) in [6.07, 6.45) is -14.8. The summed E-state index contributed by atoms with van der Waals surface area (Å²) < 4.78 is 114. The summed E-state index contributed by atoms with van der Waals surface area (Å²) in [6.45, 7) is 1.58. The molecule has 0 bridgehead atoms. The average molecular weight is 439 g/mol. The SMILES string of the molecule is C[C@@H](Nc1nc(C#CC(C)(O)C(F)(F)F)nc(N[C@H](C)C(F)(F)F)n1)C(F)(F)F. The molecule has 3 atom stereocenters. The zero-order valence-corrected chi connectivity index (χ0v) is 14.8. The van der Waals surface area contributed by atoms with Gasteiger partial charge in [0.2, 0.25) is 23.3 Å². The Bertz CT molecular complexity index is 737. The Morgan fingerprint density at radius 3 is 1.48 bits per heavy atom. The Morgan fingerprint density at radius 1 is 0.793 bits per heavy atom. The molecular weight excluding hydrogens is 425 g/mol. The van der Waals surface area contributed by atoms with Gasteiger partial charge < -0.3 is 15.7 Å². The normalized spacial score (nSPS) is 16.9. The molecule has 1 unspecified atom stereocenters. The minimum absolute atomic E-state index is 0.289. The quantitative estimate of drug-likeness (QED) is 0.494. The lowest BCUT2D eigenvalue weighted by Gasteiger charge is -2.20. The standard InChI is InChI=1S/C14H14F9N5O/c1-6(12(15,16)17)24-9-26-8(4-5-11(3,29)14(21,22)23)27-10(28-9)25-7(2)13(18,19)20/h6-7,29H,1-3H3,(H2,24,25,26,27,28)/t6-,7-,11?/m1/s1. The van der Waals surface area contributed by atoms with Crippen LogP contribution in [0.1, 0.15) is 26.6 Å². The van der Waals surface area contributed by atoms with E-state index in [4.69, 9.17) is 0 Å². The van der Waals surface area contributed by atoms with Crippen LogP contribution in [-0.2, 0) is 0 Å². The van der Waals surface area contributed by atoms with E-state index in [0.717, 1.165) is 0 Å². The Labute approximate surface area is 157 Å². The number of rotatable bonds is 4. The van der Waals surface area contributed by atoms with Gasteiger partial charge in [0.1, 0.15) is 12.1 Å². The number of hydrogen-bond donors (Lipinski definition) is 3. The molecule has 1 aromatic heterocycles. The fourth-order valence-corrected chi connectivity index (χ4v) is 1.36. The molecule has 1 heterocycles. The number of nitrogens with zero attached hydrogens (tertiary/aromatic N) is 3. The van der Waals surface area contributed by atoms with Gasteiger partial charge in [0.25, 0.3) is 0 Å². The summed E-state index contributed by atoms with van der Waals surface area (Å²) in [5, 5.41) is 12.7. The van der Waals surface area contributed by atoms with Crippen molar-refractivity contribution in [2.75, 3.05) is 10.6 Å². The van der Waals surface area contributed by atoms with E-state index in [-0.39, 0.29) is 6.92 Å². The molecule has 0 saturated carbocycles. The molecule has 0 radical (unpaired) electrons. The summed E-state index contributed by atoms with van der Waals surface area (Å²) in [5.41, 5.74) is -3.53. The number of nitrogens with one attached hydrogen (secondary N) is 2. The number of anilines is 2. The number of alkyl halides is 9. The fraction of sp³-hybridized carbons (Fsp3) is 0.643. The highest BCUT2D eigenvalue weighted by molar-refractivity contribution is 5.40. The van der Waals surface area contributed by atoms with Crippen molar-refractivity contribution in [3.05, 3.63) is 5.82 Å². The van der Waals surface area contributed by atoms with Crippen molar-refractivity contribution in [3.8, 4) is 11.8 Å². The van der Waals surface area contributed by atoms with Crippen molar-refractivity contribution < 1.29 is 44.6 Å². The molecular formula is C14H14F9N5O. The molecule has 0 aromatic carbocycles. The van der Waals surface area contributed by atoms with Gasteiger partial charge in [0.05, 0.1) is 0 Å². The van der Waals surface area contributed by atoms with Crippen LogP contribution in [0.5, 0.6) is 0 Å². The minimum atomic E-state index is -5.19. The van der Waals surface area contributed by atoms with Gasteiger partial charge in [0, 0.05) is 0 Å². The Kier molecular flexibility index (Phi) is 6.84. The van der Waals surface area contributed by atoms with E-state index in [1.807, 2.05) is 0 Å². The van der Waals surface area contributed by atoms with E-state index in [0.29, 0.717) is 13.8 Å². The monoisotopic (exact) mass is 439 g/mol. The zero-order valence-electron chi connectivity index (χ0n) is 14.8. The van der Waals surface area contributed by atoms with Crippen LogP contribution in [0.2, 0.25) is 0 Å². The molecule has 0 saturated heterocycles. The topological polar surface area (TPSA) is 83.0 Å². The summed E-state index contributed by atoms with van der Waals surface area (Å²) in [4.78, 5) is 10.0. The Balaban J connectivity index is 3.35. The van der Waals surface area contributed by atoms with E-state index in [2.05, 4.69) is 15.0 Å². The number of halogens is 9. The van der Waals surface area contributed by atoms with Gasteiger partial charge in [-0.1, -0.05) is 5.92 Å². The molecule has 0 aliphatic carbocycles. The zero-order chi connectivity index (χ0) is 22.8. The lowest BCUT2D eigenvalue weighted by Crippen LogP contribution is -2.40. The highest BCUT2D eigenvalue weighted by Gasteiger charge is 2.49. The van der Waals surface area contributed by atoms with Crippen molar-refractivity contribution in [2.45, 2.75) is 57.0 Å². The maximum absolute atomic E-state index is 12.7. The third-order valence-electron chi connectivity index (χ3n) is 3.28. The van der Waals surface area contributed by atoms with Crippen LogP contribution in [0, 0.1) is 11.8 Å². The van der Waals surface area contributed by atoms with Crippen molar-refractivity contribution in [2.24, 2.45) is 0 Å². The first-order valence-corrected chi connectivity index (χ1v) is 7.58. The second-order valence-electron chi connectivity index (χ2n) is 5.94. The van der Waals surface area contributed by atoms with Crippen LogP contribution in [0.25, 0.3) is 0 Å². The average Bonchev–Trinajstić information content (AvgIpc) is 2.50. The Morgan fingerprint density at radius 2 is 1.17 bits per heavy atom. The second kappa shape index (κ2) is 8.09. The van der Waals surface area contributed by atoms with Gasteiger partial charge in [0.15, 0.2) is 0 Å². The third kappa shape index (κ3) is 7.11. The fourth-order valence-electron chi connectivity index (χ4n) is 1.36. The first-order chi connectivity index (χ1) is 12.8. The Hall–Kier alpha value is -2.50. The number of aliphatic hydroxyl groups is 1. The summed E-state index contributed by atoms with van der Waals surface area (Å²) in [5.74, 6) is 0.350. The lowest BCUT2D eigenvalue weighted by atomic mass is 10.1. The second-order valence-corrected chi connectivity index (χ2v) is 5.94. The maximum atomic E-state index is 12.7. The minimum Gasteiger partial charge on any atom is -0.370 e. The van der Waals surface area contributed by atoms with Crippen molar-refractivity contribution in [1.29, 1.82) is 0 Å². The van der Waals surface area contributed by atoms with Crippen LogP contribution >= 0.6 is 0 Å². The van der Waals surface area contributed by atoms with Gasteiger partial charge in [-0.25, -0.2) is 0 Å². The largest absolute Gasteiger partial charge is 0.428 e. The molecule has 0 spiro atoms. The van der Waals surface area contributed by atoms with Crippen molar-refractivity contribution >= 4 is 11.9 Å². The number of hydrogen-bond acceptors (Lipinski definition) is 6. The molecule has 0 fully saturated rings. The predicted molar refractivity (Wildman–Crippen MR) is 81.7 cm³/mol. The summed E-state index contributed by atoms with van der Waals surface area (Å²) in [7, 11) is 0. The van der Waals surface area contributed by atoms with Crippen LogP contribution in [0.15, 0.2) is 0 Å². The first kappa shape index (κ1) is 24.5. The summed E-state index contributed by atoms with van der Waals surface area (Å²) in [6, 6.07) is -4.51. The third-order valence-corrected chi connectivity index (χ3v) is 3.28. The van der Waals surface area contributed by atoms with Crippen molar-refractivity contribution in [1.82, 2.24) is 15.0 Å². The molecule has 29 heavy (non-hydrogen) atoms. The smallest absolute Gasteiger partial charge is 0.370 e. The molecule has 0 aliphatic heterocycles. The van der Waals surface area contributed by atoms with Crippen LogP contribution in [0.4, 0.5) is 51.4 Å². The van der Waals surface area contributed by atoms with Gasteiger partial charge >= 0.3 is 18.5 Å². The van der Waals surface area contributed by atoms with Gasteiger partial charge in [-0.15, -0.1) is 0 Å². The maximum Gasteiger partial charge on any atom is 0.428 e. The van der Waals surface area contributed by atoms with E-state index in [1.54, 1.807) is 16.6 Å². The van der Waals surface area contributed by atoms with Crippen LogP contribution in [0.3, 0.4) is 0 Å². The van der Waals surface area contributed by atoms with Crippen LogP contribution < -0.4 is 10.6 Å². The molecule has 1 rings (SSSR count). The molecule has 15 heteroatoms. The van der Waals surface area contributed by atoms with E-state index < -0.39 is 53.9 Å². The molecule has 0 amide bonds. The number of aromatic nitrogens is 3. The van der Waals surface area contributed by atoms with Gasteiger partial charge in [-0.3, -0.25) is 0 Å². The van der Waals surface area contributed by atoms with Gasteiger partial charge in [-0.05, 0) is 26.7 Å². The van der Waals surface area contributed by atoms with E-state index in [9.17, 15) is 44.6 Å². The molecule has 0 aliphatic rings. The molecule has 164 valence electrons. The van der Waals surface area contributed by atoms with E-state index in [1.165, 1.54) is 5.92 Å². The molecule has 3 N–H and O–H groups in total. The lowest BCUT2D eigenvalue weighted by molar-refractivity contribution is -0.228. The highest BCUT2D eigenvalue weighted by Crippen LogP contribution is 2.29. The first-order valence-electron chi connectivity index (χ1n) is 7.58. The highest BCUT2D eigenvalue weighted by atomic mass is 19.4. The van der Waals surface area contributed by atoms with Gasteiger partial charge in [-0.2, -0.15) is 54.5 Å². The molecule has 6 nitrogen and oxygen atoms in total.